The van der Waals surface area contributed by atoms with E-state index < -0.39 is 0 Å². The van der Waals surface area contributed by atoms with Crippen molar-refractivity contribution in [1.29, 1.82) is 0 Å². The van der Waals surface area contributed by atoms with E-state index in [1.807, 2.05) is 6.92 Å². The number of ether oxygens (including phenoxy) is 1. The first-order chi connectivity index (χ1) is 9.10. The summed E-state index contributed by atoms with van der Waals surface area (Å²) in [5, 5.41) is 6.14. The Balaban J connectivity index is 2.81. The van der Waals surface area contributed by atoms with Crippen molar-refractivity contribution >= 4 is 11.6 Å². The van der Waals surface area contributed by atoms with Crippen LogP contribution in [0.4, 0.5) is 5.69 Å². The molecule has 0 spiro atoms. The van der Waals surface area contributed by atoms with E-state index in [9.17, 15) is 4.79 Å². The van der Waals surface area contributed by atoms with Gasteiger partial charge in [0.25, 0.3) is 5.91 Å². The Morgan fingerprint density at radius 1 is 1.47 bits per heavy atom. The van der Waals surface area contributed by atoms with Crippen molar-refractivity contribution in [2.24, 2.45) is 5.92 Å². The fraction of sp³-hybridized carbons (Fsp3) is 0.571. The van der Waals surface area contributed by atoms with Crippen molar-refractivity contribution in [2.75, 3.05) is 25.6 Å². The molecule has 1 aromatic rings. The maximum absolute atomic E-state index is 12.3. The Morgan fingerprint density at radius 2 is 2.21 bits per heavy atom. The average Bonchev–Trinajstić information content (AvgIpc) is 2.39. The molecule has 0 aromatic carbocycles. The zero-order valence-electron chi connectivity index (χ0n) is 12.1. The van der Waals surface area contributed by atoms with Gasteiger partial charge in [0.1, 0.15) is 0 Å². The first-order valence-electron chi connectivity index (χ1n) is 6.57. The largest absolute Gasteiger partial charge is 0.383 e. The van der Waals surface area contributed by atoms with Gasteiger partial charge in [-0.1, -0.05) is 13.8 Å². The van der Waals surface area contributed by atoms with Gasteiger partial charge in [0.15, 0.2) is 0 Å². The van der Waals surface area contributed by atoms with Crippen LogP contribution in [0.15, 0.2) is 18.5 Å². The molecule has 5 heteroatoms. The topological polar surface area (TPSA) is 63.2 Å². The van der Waals surface area contributed by atoms with Gasteiger partial charge in [-0.3, -0.25) is 9.78 Å². The van der Waals surface area contributed by atoms with Crippen molar-refractivity contribution in [3.8, 4) is 0 Å². The van der Waals surface area contributed by atoms with E-state index in [1.165, 1.54) is 0 Å². The lowest BCUT2D eigenvalue weighted by molar-refractivity contribution is 0.0867. The number of rotatable bonds is 7. The van der Waals surface area contributed by atoms with Crippen LogP contribution in [0.25, 0.3) is 0 Å². The van der Waals surface area contributed by atoms with E-state index in [0.29, 0.717) is 18.1 Å². The monoisotopic (exact) mass is 265 g/mol. The Bertz CT molecular complexity index is 407. The summed E-state index contributed by atoms with van der Waals surface area (Å²) in [5.41, 5.74) is 1.36. The summed E-state index contributed by atoms with van der Waals surface area (Å²) in [6.45, 7) is 7.35. The Kier molecular flexibility index (Phi) is 6.29. The van der Waals surface area contributed by atoms with Crippen LogP contribution in [0.3, 0.4) is 0 Å². The molecule has 5 nitrogen and oxygen atoms in total. The maximum Gasteiger partial charge on any atom is 0.253 e. The Morgan fingerprint density at radius 3 is 2.79 bits per heavy atom. The van der Waals surface area contributed by atoms with Gasteiger partial charge in [0, 0.05) is 19.9 Å². The van der Waals surface area contributed by atoms with Crippen molar-refractivity contribution in [3.05, 3.63) is 24.0 Å². The second kappa shape index (κ2) is 7.74. The number of aromatic nitrogens is 1. The van der Waals surface area contributed by atoms with Crippen LogP contribution in [0, 0.1) is 5.92 Å². The van der Waals surface area contributed by atoms with Crippen molar-refractivity contribution in [3.63, 3.8) is 0 Å². The van der Waals surface area contributed by atoms with E-state index in [2.05, 4.69) is 29.5 Å². The second-order valence-electron chi connectivity index (χ2n) is 4.73. The number of nitrogens with one attached hydrogen (secondary N) is 2. The molecule has 1 atom stereocenters. The van der Waals surface area contributed by atoms with Gasteiger partial charge in [0.05, 0.1) is 30.1 Å². The molecule has 0 radical (unpaired) electrons. The molecule has 1 unspecified atom stereocenters. The first kappa shape index (κ1) is 15.4. The molecule has 0 saturated heterocycles. The van der Waals surface area contributed by atoms with Crippen LogP contribution < -0.4 is 10.6 Å². The lowest BCUT2D eigenvalue weighted by Gasteiger charge is -2.22. The third kappa shape index (κ3) is 4.52. The summed E-state index contributed by atoms with van der Waals surface area (Å²) < 4.78 is 5.14. The van der Waals surface area contributed by atoms with Crippen molar-refractivity contribution in [2.45, 2.75) is 26.8 Å². The highest BCUT2D eigenvalue weighted by molar-refractivity contribution is 5.99. The molecule has 1 rings (SSSR count). The molecule has 1 aromatic heterocycles. The van der Waals surface area contributed by atoms with Gasteiger partial charge in [-0.25, -0.2) is 0 Å². The summed E-state index contributed by atoms with van der Waals surface area (Å²) in [6, 6.07) is 1.72. The van der Waals surface area contributed by atoms with E-state index in [-0.39, 0.29) is 11.9 Å². The smallest absolute Gasteiger partial charge is 0.253 e. The highest BCUT2D eigenvalue weighted by Gasteiger charge is 2.18. The second-order valence-corrected chi connectivity index (χ2v) is 4.73. The van der Waals surface area contributed by atoms with Gasteiger partial charge >= 0.3 is 0 Å². The zero-order valence-corrected chi connectivity index (χ0v) is 12.1. The molecule has 0 saturated carbocycles. The predicted molar refractivity (Wildman–Crippen MR) is 76.4 cm³/mol. The van der Waals surface area contributed by atoms with Crippen LogP contribution in [0.5, 0.6) is 0 Å². The number of nitrogens with zero attached hydrogens (tertiary/aromatic N) is 1. The lowest BCUT2D eigenvalue weighted by Crippen LogP contribution is -2.41. The third-order valence-corrected chi connectivity index (χ3v) is 2.90. The molecule has 106 valence electrons. The minimum absolute atomic E-state index is 0.000131. The van der Waals surface area contributed by atoms with E-state index in [1.54, 1.807) is 25.6 Å². The molecule has 1 heterocycles. The summed E-state index contributed by atoms with van der Waals surface area (Å²) in [5.74, 6) is 0.211. The lowest BCUT2D eigenvalue weighted by atomic mass is 10.0. The van der Waals surface area contributed by atoms with E-state index in [4.69, 9.17) is 4.74 Å². The number of carbonyl (C=O) groups is 1. The van der Waals surface area contributed by atoms with Gasteiger partial charge in [-0.15, -0.1) is 0 Å². The van der Waals surface area contributed by atoms with Crippen molar-refractivity contribution < 1.29 is 9.53 Å². The number of hydrogen-bond acceptors (Lipinski definition) is 4. The first-order valence-corrected chi connectivity index (χ1v) is 6.57. The molecular weight excluding hydrogens is 242 g/mol. The van der Waals surface area contributed by atoms with Crippen LogP contribution in [-0.2, 0) is 4.74 Å². The molecule has 2 N–H and O–H groups in total. The van der Waals surface area contributed by atoms with Crippen molar-refractivity contribution in [1.82, 2.24) is 10.3 Å². The Labute approximate surface area is 114 Å². The van der Waals surface area contributed by atoms with E-state index in [0.717, 1.165) is 12.2 Å². The number of pyridine rings is 1. The number of hydrogen-bond donors (Lipinski definition) is 2. The summed E-state index contributed by atoms with van der Waals surface area (Å²) in [6.07, 6.45) is 3.29. The summed E-state index contributed by atoms with van der Waals surface area (Å²) >= 11 is 0. The molecule has 0 aliphatic heterocycles. The van der Waals surface area contributed by atoms with Gasteiger partial charge in [-0.05, 0) is 18.9 Å². The number of anilines is 1. The summed E-state index contributed by atoms with van der Waals surface area (Å²) in [4.78, 5) is 16.3. The SMILES string of the molecule is CCNc1cnccc1C(=O)NC(COC)C(C)C. The van der Waals surface area contributed by atoms with Crippen LogP contribution in [0.2, 0.25) is 0 Å². The summed E-state index contributed by atoms with van der Waals surface area (Å²) in [7, 11) is 1.64. The van der Waals surface area contributed by atoms with Gasteiger partial charge < -0.3 is 15.4 Å². The van der Waals surface area contributed by atoms with Crippen LogP contribution in [-0.4, -0.2) is 37.2 Å². The maximum atomic E-state index is 12.3. The highest BCUT2D eigenvalue weighted by Crippen LogP contribution is 2.14. The molecule has 19 heavy (non-hydrogen) atoms. The number of methoxy groups -OCH3 is 1. The molecule has 0 aliphatic carbocycles. The van der Waals surface area contributed by atoms with Gasteiger partial charge in [-0.2, -0.15) is 0 Å². The molecular formula is C14H23N3O2. The molecule has 0 fully saturated rings. The number of carbonyl (C=O) groups excluding carboxylic acids is 1. The van der Waals surface area contributed by atoms with Crippen LogP contribution in [0.1, 0.15) is 31.1 Å². The molecule has 0 aliphatic rings. The fourth-order valence-electron chi connectivity index (χ4n) is 1.75. The van der Waals surface area contributed by atoms with Crippen LogP contribution >= 0.6 is 0 Å². The quantitative estimate of drug-likeness (QED) is 0.790. The normalized spacial score (nSPS) is 12.3. The fourth-order valence-corrected chi connectivity index (χ4v) is 1.75. The average molecular weight is 265 g/mol. The zero-order chi connectivity index (χ0) is 14.3. The minimum Gasteiger partial charge on any atom is -0.383 e. The Hall–Kier alpha value is -1.62. The minimum atomic E-state index is -0.103. The molecule has 0 bridgehead atoms. The number of amides is 1. The van der Waals surface area contributed by atoms with E-state index >= 15 is 0 Å². The predicted octanol–water partition coefficient (Wildman–Crippen LogP) is 1.91. The standard InChI is InChI=1S/C14H23N3O2/c1-5-16-12-8-15-7-6-11(12)14(18)17-13(9-19-4)10(2)3/h6-8,10,13,16H,5,9H2,1-4H3,(H,17,18). The highest BCUT2D eigenvalue weighted by atomic mass is 16.5. The van der Waals surface area contributed by atoms with Gasteiger partial charge in [0.2, 0.25) is 0 Å². The third-order valence-electron chi connectivity index (χ3n) is 2.90. The molecule has 1 amide bonds.